The molecule has 2 unspecified atom stereocenters. The average Bonchev–Trinajstić information content (AvgIpc) is 1.94. The van der Waals surface area contributed by atoms with Gasteiger partial charge in [-0.25, -0.2) is 0 Å². The van der Waals surface area contributed by atoms with Gasteiger partial charge in [0.1, 0.15) is 5.00 Å². The first-order valence-electron chi connectivity index (χ1n) is 2.99. The van der Waals surface area contributed by atoms with Gasteiger partial charge in [-0.05, 0) is 12.2 Å². The quantitative estimate of drug-likeness (QED) is 0.356. The van der Waals surface area contributed by atoms with Crippen LogP contribution >= 0.6 is 23.2 Å². The molecule has 1 rings (SSSR count). The highest BCUT2D eigenvalue weighted by atomic mass is 35.5. The van der Waals surface area contributed by atoms with Crippen LogP contribution in [-0.4, -0.2) is 10.4 Å². The topological polar surface area (TPSA) is 49.8 Å². The molecule has 2 nitrogen and oxygen atoms in total. The molecule has 2 N–H and O–H groups in total. The molecule has 0 amide bonds. The standard InChI is InChI=1S/C7H6Cl2N2/c8-6-1-2-7(9,11)3-5(6)4-10/h1-3,6H,11H2. The van der Waals surface area contributed by atoms with Crippen LogP contribution in [0.4, 0.5) is 0 Å². The molecule has 0 saturated heterocycles. The van der Waals surface area contributed by atoms with E-state index in [2.05, 4.69) is 0 Å². The van der Waals surface area contributed by atoms with Gasteiger partial charge in [0, 0.05) is 0 Å². The number of allylic oxidation sites excluding steroid dienone is 2. The second-order valence-electron chi connectivity index (χ2n) is 2.30. The van der Waals surface area contributed by atoms with Crippen molar-refractivity contribution < 1.29 is 0 Å². The van der Waals surface area contributed by atoms with Gasteiger partial charge in [-0.3, -0.25) is 0 Å². The molecule has 0 aromatic carbocycles. The lowest BCUT2D eigenvalue weighted by Gasteiger charge is -2.19. The first kappa shape index (κ1) is 8.61. The average molecular weight is 189 g/mol. The van der Waals surface area contributed by atoms with Gasteiger partial charge in [0.05, 0.1) is 17.0 Å². The van der Waals surface area contributed by atoms with Crippen molar-refractivity contribution in [1.29, 1.82) is 5.26 Å². The minimum absolute atomic E-state index is 0.393. The summed E-state index contributed by atoms with van der Waals surface area (Å²) in [4.78, 5) is -1.05. The summed E-state index contributed by atoms with van der Waals surface area (Å²) < 4.78 is 0. The van der Waals surface area contributed by atoms with E-state index in [0.29, 0.717) is 5.57 Å². The van der Waals surface area contributed by atoms with Crippen molar-refractivity contribution >= 4 is 23.2 Å². The number of rotatable bonds is 0. The highest BCUT2D eigenvalue weighted by Gasteiger charge is 2.22. The van der Waals surface area contributed by atoms with Crippen molar-refractivity contribution in [2.24, 2.45) is 5.73 Å². The van der Waals surface area contributed by atoms with Crippen molar-refractivity contribution in [1.82, 2.24) is 0 Å². The van der Waals surface area contributed by atoms with Crippen LogP contribution in [0.2, 0.25) is 0 Å². The van der Waals surface area contributed by atoms with E-state index in [9.17, 15) is 0 Å². The van der Waals surface area contributed by atoms with Crippen LogP contribution < -0.4 is 5.73 Å². The molecule has 0 aliphatic heterocycles. The molecule has 0 radical (unpaired) electrons. The third-order valence-corrected chi connectivity index (χ3v) is 1.94. The smallest absolute Gasteiger partial charge is 0.130 e. The van der Waals surface area contributed by atoms with Crippen LogP contribution in [0, 0.1) is 11.3 Å². The fraction of sp³-hybridized carbons (Fsp3) is 0.286. The van der Waals surface area contributed by atoms with Gasteiger partial charge >= 0.3 is 0 Å². The number of hydrogen-bond donors (Lipinski definition) is 1. The van der Waals surface area contributed by atoms with Crippen LogP contribution in [0.25, 0.3) is 0 Å². The van der Waals surface area contributed by atoms with Gasteiger partial charge in [-0.15, -0.1) is 11.6 Å². The summed E-state index contributed by atoms with van der Waals surface area (Å²) in [5.41, 5.74) is 5.89. The van der Waals surface area contributed by atoms with Crippen molar-refractivity contribution in [2.75, 3.05) is 0 Å². The molecular weight excluding hydrogens is 183 g/mol. The summed E-state index contributed by atoms with van der Waals surface area (Å²) >= 11 is 11.4. The summed E-state index contributed by atoms with van der Waals surface area (Å²) in [6.45, 7) is 0. The lowest BCUT2D eigenvalue weighted by atomic mass is 10.0. The second-order valence-corrected chi connectivity index (χ2v) is 3.42. The van der Waals surface area contributed by atoms with Crippen LogP contribution in [0.1, 0.15) is 0 Å². The molecule has 2 atom stereocenters. The Hall–Kier alpha value is -0.490. The van der Waals surface area contributed by atoms with Crippen LogP contribution in [0.3, 0.4) is 0 Å². The summed E-state index contributed by atoms with van der Waals surface area (Å²) in [6.07, 6.45) is 4.62. The Balaban J connectivity index is 2.95. The van der Waals surface area contributed by atoms with E-state index in [1.54, 1.807) is 12.2 Å². The molecule has 0 spiro atoms. The van der Waals surface area contributed by atoms with E-state index >= 15 is 0 Å². The molecule has 0 heterocycles. The Morgan fingerprint density at radius 1 is 1.73 bits per heavy atom. The second kappa shape index (κ2) is 2.86. The van der Waals surface area contributed by atoms with Gasteiger partial charge in [-0.1, -0.05) is 17.7 Å². The third-order valence-electron chi connectivity index (χ3n) is 1.32. The van der Waals surface area contributed by atoms with Crippen LogP contribution in [0.15, 0.2) is 23.8 Å². The van der Waals surface area contributed by atoms with Crippen LogP contribution in [0.5, 0.6) is 0 Å². The summed E-state index contributed by atoms with van der Waals surface area (Å²) in [5.74, 6) is 0. The molecule has 58 valence electrons. The normalized spacial score (nSPS) is 36.2. The predicted molar refractivity (Wildman–Crippen MR) is 45.2 cm³/mol. The zero-order chi connectivity index (χ0) is 8.48. The van der Waals surface area contributed by atoms with Gasteiger partial charge in [0.15, 0.2) is 0 Å². The van der Waals surface area contributed by atoms with Gasteiger partial charge in [0.25, 0.3) is 0 Å². The van der Waals surface area contributed by atoms with Gasteiger partial charge in [0.2, 0.25) is 0 Å². The molecule has 0 aromatic heterocycles. The number of alkyl halides is 2. The largest absolute Gasteiger partial charge is 0.306 e. The zero-order valence-electron chi connectivity index (χ0n) is 5.59. The maximum absolute atomic E-state index is 8.54. The number of nitriles is 1. The SMILES string of the molecule is N#CC1=CC(N)(Cl)C=CC1Cl. The molecule has 4 heteroatoms. The molecule has 0 bridgehead atoms. The highest BCUT2D eigenvalue weighted by molar-refractivity contribution is 6.28. The number of halogens is 2. The maximum Gasteiger partial charge on any atom is 0.130 e. The zero-order valence-corrected chi connectivity index (χ0v) is 7.10. The van der Waals surface area contributed by atoms with Gasteiger partial charge < -0.3 is 5.73 Å². The van der Waals surface area contributed by atoms with E-state index in [0.717, 1.165) is 0 Å². The summed E-state index contributed by atoms with van der Waals surface area (Å²) in [7, 11) is 0. The van der Waals surface area contributed by atoms with E-state index in [1.807, 2.05) is 6.07 Å². The van der Waals surface area contributed by atoms with E-state index in [4.69, 9.17) is 34.2 Å². The Bertz CT molecular complexity index is 260. The monoisotopic (exact) mass is 188 g/mol. The third kappa shape index (κ3) is 1.97. The Kier molecular flexibility index (Phi) is 2.24. The first-order chi connectivity index (χ1) is 5.05. The van der Waals surface area contributed by atoms with Crippen molar-refractivity contribution in [3.8, 4) is 6.07 Å². The number of nitrogens with two attached hydrogens (primary N) is 1. The molecule has 1 aliphatic carbocycles. The Labute approximate surface area is 74.9 Å². The van der Waals surface area contributed by atoms with Crippen molar-refractivity contribution in [3.63, 3.8) is 0 Å². The Morgan fingerprint density at radius 3 is 2.82 bits per heavy atom. The first-order valence-corrected chi connectivity index (χ1v) is 3.81. The predicted octanol–water partition coefficient (Wildman–Crippen LogP) is 1.51. The summed E-state index contributed by atoms with van der Waals surface area (Å²) in [6, 6.07) is 1.92. The minimum atomic E-state index is -1.05. The molecule has 0 saturated carbocycles. The molecule has 11 heavy (non-hydrogen) atoms. The minimum Gasteiger partial charge on any atom is -0.306 e. The molecule has 0 fully saturated rings. The van der Waals surface area contributed by atoms with Gasteiger partial charge in [-0.2, -0.15) is 5.26 Å². The van der Waals surface area contributed by atoms with Crippen LogP contribution in [-0.2, 0) is 0 Å². The lowest BCUT2D eigenvalue weighted by molar-refractivity contribution is 0.893. The highest BCUT2D eigenvalue weighted by Crippen LogP contribution is 2.24. The fourth-order valence-electron chi connectivity index (χ4n) is 0.796. The molecule has 0 aromatic rings. The van der Waals surface area contributed by atoms with Crippen molar-refractivity contribution in [2.45, 2.75) is 10.4 Å². The number of nitrogens with zero attached hydrogens (tertiary/aromatic N) is 1. The molecule has 1 aliphatic rings. The fourth-order valence-corrected chi connectivity index (χ4v) is 1.17. The van der Waals surface area contributed by atoms with E-state index in [1.165, 1.54) is 6.08 Å². The molecular formula is C7H6Cl2N2. The Morgan fingerprint density at radius 2 is 2.36 bits per heavy atom. The maximum atomic E-state index is 8.54. The lowest BCUT2D eigenvalue weighted by Crippen LogP contribution is -2.31. The van der Waals surface area contributed by atoms with E-state index in [-0.39, 0.29) is 0 Å². The van der Waals surface area contributed by atoms with Crippen molar-refractivity contribution in [3.05, 3.63) is 23.8 Å². The number of hydrogen-bond acceptors (Lipinski definition) is 2. The summed E-state index contributed by atoms with van der Waals surface area (Å²) in [5, 5.41) is 8.15. The van der Waals surface area contributed by atoms with E-state index < -0.39 is 10.4 Å².